The number of halogens is 2. The Morgan fingerprint density at radius 2 is 0.925 bits per heavy atom. The lowest BCUT2D eigenvalue weighted by atomic mass is 10.0. The van der Waals surface area contributed by atoms with E-state index in [1.165, 1.54) is 13.1 Å². The second kappa shape index (κ2) is 39.9. The molecule has 0 saturated carbocycles. The second-order valence-corrected chi connectivity index (χ2v) is 25.9. The maximum absolute atomic E-state index is 14.4. The summed E-state index contributed by atoms with van der Waals surface area (Å²) in [5.74, 6) is -5.35. The lowest BCUT2D eigenvalue weighted by molar-refractivity contribution is -0.152. The van der Waals surface area contributed by atoms with Crippen molar-refractivity contribution in [2.75, 3.05) is 70.5 Å². The number of ketones is 1. The summed E-state index contributed by atoms with van der Waals surface area (Å²) >= 11 is 0. The van der Waals surface area contributed by atoms with Crippen LogP contribution in [0.4, 0.5) is 11.4 Å². The second-order valence-electron chi connectivity index (χ2n) is 25.9. The first-order valence-corrected chi connectivity index (χ1v) is 35.3. The summed E-state index contributed by atoms with van der Waals surface area (Å²) in [5, 5.41) is 24.7. The van der Waals surface area contributed by atoms with Crippen LogP contribution in [0.3, 0.4) is 0 Å². The maximum Gasteiger partial charge on any atom is 0.243 e. The highest BCUT2D eigenvalue weighted by atomic mass is 79.9. The predicted octanol–water partition coefficient (Wildman–Crippen LogP) is 10.2. The van der Waals surface area contributed by atoms with Gasteiger partial charge in [-0.1, -0.05) is 129 Å². The maximum atomic E-state index is 14.4. The molecule has 3 unspecified atom stereocenters. The molecule has 13 N–H and O–H groups in total. The zero-order chi connectivity index (χ0) is 74.4. The van der Waals surface area contributed by atoms with E-state index in [4.69, 9.17) is 15.7 Å². The number of aromatic nitrogens is 4. The third-order valence-electron chi connectivity index (χ3n) is 17.7. The molecular formula is C81H91Br2N15O9. The number of rotatable bonds is 33. The first-order valence-electron chi connectivity index (χ1n) is 35.3. The molecule has 5 aromatic carbocycles. The summed E-state index contributed by atoms with van der Waals surface area (Å²) in [6, 6.07) is 49.0. The number of aromatic amines is 2. The van der Waals surface area contributed by atoms with Crippen LogP contribution in [0.5, 0.6) is 0 Å². The number of amides is 8. The monoisotopic (exact) mass is 1580 g/mol. The van der Waals surface area contributed by atoms with E-state index in [1.54, 1.807) is 44.3 Å². The van der Waals surface area contributed by atoms with Gasteiger partial charge >= 0.3 is 0 Å². The Labute approximate surface area is 642 Å². The van der Waals surface area contributed by atoms with Gasteiger partial charge in [-0.05, 0) is 154 Å². The van der Waals surface area contributed by atoms with E-state index in [2.05, 4.69) is 119 Å². The van der Waals surface area contributed by atoms with E-state index < -0.39 is 78.2 Å². The van der Waals surface area contributed by atoms with E-state index in [9.17, 15) is 43.2 Å². The normalized spacial score (nSPS) is 12.1. The van der Waals surface area contributed by atoms with E-state index in [0.29, 0.717) is 24.2 Å². The van der Waals surface area contributed by atoms with Gasteiger partial charge < -0.3 is 63.6 Å². The molecule has 0 spiro atoms. The number of nitrogens with two attached hydrogens (primary N) is 1. The smallest absolute Gasteiger partial charge is 0.243 e. The highest BCUT2D eigenvalue weighted by Gasteiger charge is 2.35. The van der Waals surface area contributed by atoms with Crippen molar-refractivity contribution in [2.45, 2.75) is 77.4 Å². The van der Waals surface area contributed by atoms with Crippen LogP contribution in [-0.4, -0.2) is 156 Å². The number of hydrogen-bond donors (Lipinski definition) is 12. The molecule has 8 bridgehead atoms. The molecule has 10 rings (SSSR count). The SMILES string of the molecule is Br.Br.CNCC(=O)NCCNC(=O)CNC(=O)C(CC(C)C)NC(=O)C(C)Nc1ccccc1C(=O)CNC(=O)C(CCCCN)N(C(=O)CCC(=O)Nc1ccc(-c2c3nc(c(-c4ccccc4)c4ccc([nH]4)c(-c4ccccc4)c4nc(c(-c5ccccc5)c5ccc2[nH]5)C=C4)C=C3)cc1)C(=O)CNC. The Hall–Kier alpha value is -11.0. The summed E-state index contributed by atoms with van der Waals surface area (Å²) in [6.45, 7) is 4.74. The number of likely N-dealkylation sites (N-methyl/N-ethyl adjacent to an activating group) is 2. The van der Waals surface area contributed by atoms with E-state index in [1.807, 2.05) is 105 Å². The number of imide groups is 1. The Bertz CT molecular complexity index is 4680. The molecule has 8 amide bonds. The largest absolute Gasteiger partial charge is 0.373 e. The minimum atomic E-state index is -1.39. The van der Waals surface area contributed by atoms with E-state index >= 15 is 0 Å². The first-order chi connectivity index (χ1) is 50.9. The molecule has 5 heterocycles. The molecule has 2 aliphatic rings. The van der Waals surface area contributed by atoms with Crippen molar-refractivity contribution in [3.8, 4) is 44.5 Å². The third kappa shape index (κ3) is 21.6. The van der Waals surface area contributed by atoms with Crippen LogP contribution in [0.25, 0.3) is 90.9 Å². The van der Waals surface area contributed by atoms with Crippen LogP contribution in [0.1, 0.15) is 92.4 Å². The minimum Gasteiger partial charge on any atom is -0.373 e. The van der Waals surface area contributed by atoms with E-state index in [-0.39, 0.29) is 116 Å². The van der Waals surface area contributed by atoms with E-state index in [0.717, 1.165) is 88.6 Å². The Balaban J connectivity index is 0.00000722. The molecule has 0 radical (unpaired) electrons. The Morgan fingerprint density at radius 3 is 1.40 bits per heavy atom. The number of unbranched alkanes of at least 4 members (excludes halogenated alkanes) is 1. The molecule has 0 saturated heterocycles. The third-order valence-corrected chi connectivity index (χ3v) is 17.7. The molecule has 24 nitrogen and oxygen atoms in total. The van der Waals surface area contributed by atoms with Crippen LogP contribution in [0.15, 0.2) is 164 Å². The van der Waals surface area contributed by atoms with Gasteiger partial charge in [-0.15, -0.1) is 34.0 Å². The average Bonchev–Trinajstić information content (AvgIpc) is 1.62. The van der Waals surface area contributed by atoms with Crippen LogP contribution >= 0.6 is 34.0 Å². The molecular weight excluding hydrogens is 1490 g/mol. The van der Waals surface area contributed by atoms with Gasteiger partial charge in [-0.3, -0.25) is 48.1 Å². The van der Waals surface area contributed by atoms with Gasteiger partial charge in [0.2, 0.25) is 47.3 Å². The number of H-pyrrole nitrogens is 2. The predicted molar refractivity (Wildman–Crippen MR) is 433 cm³/mol. The first kappa shape index (κ1) is 81.6. The summed E-state index contributed by atoms with van der Waals surface area (Å²) in [5.41, 5.74) is 20.2. The highest BCUT2D eigenvalue weighted by molar-refractivity contribution is 8.93. The quantitative estimate of drug-likeness (QED) is 0.0134. The zero-order valence-corrected chi connectivity index (χ0v) is 63.7. The van der Waals surface area contributed by atoms with Crippen LogP contribution < -0.4 is 53.6 Å². The molecule has 3 aromatic heterocycles. The Morgan fingerprint density at radius 1 is 0.467 bits per heavy atom. The van der Waals surface area contributed by atoms with Crippen molar-refractivity contribution in [1.29, 1.82) is 0 Å². The van der Waals surface area contributed by atoms with Crippen LogP contribution in [-0.2, 0) is 38.4 Å². The van der Waals surface area contributed by atoms with Crippen molar-refractivity contribution < 1.29 is 43.2 Å². The number of nitrogens with one attached hydrogen (secondary N) is 11. The van der Waals surface area contributed by atoms with Crippen molar-refractivity contribution >= 4 is 145 Å². The van der Waals surface area contributed by atoms with Crippen molar-refractivity contribution in [2.24, 2.45) is 11.7 Å². The van der Waals surface area contributed by atoms with Gasteiger partial charge in [0.15, 0.2) is 5.78 Å². The number of fused-ring (bicyclic) bond motifs is 8. The number of anilines is 2. The lowest BCUT2D eigenvalue weighted by Crippen LogP contribution is -2.54. The van der Waals surface area contributed by atoms with Gasteiger partial charge in [-0.2, -0.15) is 0 Å². The summed E-state index contributed by atoms with van der Waals surface area (Å²) in [6.07, 6.45) is 8.36. The fraction of sp³-hybridized carbons (Fsp3) is 0.272. The van der Waals surface area contributed by atoms with Gasteiger partial charge in [0.25, 0.3) is 0 Å². The molecule has 558 valence electrons. The molecule has 0 aliphatic carbocycles. The zero-order valence-electron chi connectivity index (χ0n) is 60.3. The Kier molecular flexibility index (Phi) is 30.4. The standard InChI is InChI=1S/C81H89N15O9.2BrH/c1-50(2)45-67(80(104)88-48-72(100)86-44-43-85-71(99)47-83-4)95-79(103)51(3)89-58-26-16-15-25-57(58)69(97)46-87-81(105)68(27-17-18-42-82)96(74(102)49-84-5)73(101)41-40-70(98)90-56-30-28-55(29-31-56)78-65-38-36-63(93-65)76(53-21-11-7-12-22-53)61-34-32-59(91-61)75(52-19-9-6-10-20-52)60-33-35-62(92-60)77(54-23-13-8-14-24-54)64-37-39-66(78)94-64;;/h6-16,19-26,28-39,50-51,67-68,83-84,89,91,94H,17-18,27,40-49,82H2,1-5H3,(H,85,99)(H,86,100)(H,87,105)(H,88,104)(H,90,98)(H,95,103);2*1H. The number of hydrogen-bond acceptors (Lipinski definition) is 15. The number of carbonyl (C=O) groups is 9. The number of carbonyl (C=O) groups excluding carboxylic acids is 9. The molecule has 0 fully saturated rings. The fourth-order valence-electron chi connectivity index (χ4n) is 12.6. The van der Waals surface area contributed by atoms with Crippen LogP contribution in [0, 0.1) is 5.92 Å². The minimum absolute atomic E-state index is 0. The highest BCUT2D eigenvalue weighted by Crippen LogP contribution is 2.39. The topological polar surface area (TPSA) is 349 Å². The summed E-state index contributed by atoms with van der Waals surface area (Å²) < 4.78 is 0. The van der Waals surface area contributed by atoms with Crippen molar-refractivity contribution in [3.63, 3.8) is 0 Å². The van der Waals surface area contributed by atoms with Gasteiger partial charge in [0, 0.05) is 87.2 Å². The fourth-order valence-corrected chi connectivity index (χ4v) is 12.6. The van der Waals surface area contributed by atoms with Gasteiger partial charge in [0.1, 0.15) is 18.1 Å². The van der Waals surface area contributed by atoms with Crippen molar-refractivity contribution in [1.82, 2.24) is 62.1 Å². The molecule has 107 heavy (non-hydrogen) atoms. The number of benzene rings is 5. The van der Waals surface area contributed by atoms with Gasteiger partial charge in [-0.25, -0.2) is 9.97 Å². The summed E-state index contributed by atoms with van der Waals surface area (Å²) in [4.78, 5) is 141. The number of nitrogens with zero attached hydrogens (tertiary/aromatic N) is 3. The van der Waals surface area contributed by atoms with Gasteiger partial charge in [0.05, 0.1) is 49.0 Å². The van der Waals surface area contributed by atoms with Crippen LogP contribution in [0.2, 0.25) is 0 Å². The molecule has 3 atom stereocenters. The molecule has 26 heteroatoms. The van der Waals surface area contributed by atoms with Crippen molar-refractivity contribution in [3.05, 3.63) is 192 Å². The molecule has 8 aromatic rings. The average molecular weight is 1580 g/mol. The summed E-state index contributed by atoms with van der Waals surface area (Å²) in [7, 11) is 3.15. The lowest BCUT2D eigenvalue weighted by Gasteiger charge is -2.29. The molecule has 2 aliphatic heterocycles. The number of Topliss-reactive ketones (excluding diaryl/α,β-unsaturated/α-hetero) is 1. The number of para-hydroxylation sites is 1.